The third-order valence-electron chi connectivity index (χ3n) is 2.12. The minimum Gasteiger partial charge on any atom is -0.385 e. The minimum absolute atomic E-state index is 0.228. The van der Waals surface area contributed by atoms with Crippen molar-refractivity contribution < 1.29 is 5.11 Å². The lowest BCUT2D eigenvalue weighted by Crippen LogP contribution is -2.27. The van der Waals surface area contributed by atoms with Crippen LogP contribution in [-0.2, 0) is 0 Å². The molecule has 3 heteroatoms. The first-order valence-electron chi connectivity index (χ1n) is 4.51. The van der Waals surface area contributed by atoms with Gasteiger partial charge in [0.15, 0.2) is 0 Å². The first-order valence-corrected chi connectivity index (χ1v) is 4.51. The third kappa shape index (κ3) is 2.50. The topological polar surface area (TPSA) is 59.1 Å². The number of rotatable bonds is 3. The third-order valence-corrected chi connectivity index (χ3v) is 2.12. The van der Waals surface area contributed by atoms with Crippen LogP contribution in [0.1, 0.15) is 30.7 Å². The van der Waals surface area contributed by atoms with Crippen molar-refractivity contribution in [2.45, 2.75) is 32.4 Å². The number of aliphatic hydroxyl groups is 1. The SMILES string of the molecule is CC[C@H](N)[C@H](O)c1cc(C)ccn1. The minimum atomic E-state index is -0.648. The lowest BCUT2D eigenvalue weighted by atomic mass is 10.0. The van der Waals surface area contributed by atoms with E-state index in [2.05, 4.69) is 4.98 Å². The van der Waals surface area contributed by atoms with E-state index in [9.17, 15) is 5.11 Å². The van der Waals surface area contributed by atoms with E-state index in [0.717, 1.165) is 12.0 Å². The molecule has 0 spiro atoms. The van der Waals surface area contributed by atoms with Crippen LogP contribution in [0.2, 0.25) is 0 Å². The van der Waals surface area contributed by atoms with Crippen molar-refractivity contribution in [1.29, 1.82) is 0 Å². The summed E-state index contributed by atoms with van der Waals surface area (Å²) in [6.07, 6.45) is 1.79. The molecule has 0 saturated heterocycles. The van der Waals surface area contributed by atoms with Gasteiger partial charge in [-0.15, -0.1) is 0 Å². The van der Waals surface area contributed by atoms with E-state index in [1.807, 2.05) is 26.0 Å². The van der Waals surface area contributed by atoms with Crippen molar-refractivity contribution in [2.75, 3.05) is 0 Å². The standard InChI is InChI=1S/C10H16N2O/c1-3-8(11)10(13)9-6-7(2)4-5-12-9/h4-6,8,10,13H,3,11H2,1-2H3/t8-,10-/m0/s1. The zero-order valence-corrected chi connectivity index (χ0v) is 8.07. The van der Waals surface area contributed by atoms with Gasteiger partial charge in [-0.05, 0) is 31.0 Å². The largest absolute Gasteiger partial charge is 0.385 e. The Hall–Kier alpha value is -0.930. The van der Waals surface area contributed by atoms with Crippen LogP contribution >= 0.6 is 0 Å². The highest BCUT2D eigenvalue weighted by molar-refractivity contribution is 5.17. The van der Waals surface area contributed by atoms with Crippen LogP contribution in [-0.4, -0.2) is 16.1 Å². The molecule has 3 nitrogen and oxygen atoms in total. The second-order valence-electron chi connectivity index (χ2n) is 3.27. The van der Waals surface area contributed by atoms with Gasteiger partial charge in [0, 0.05) is 12.2 Å². The Morgan fingerprint density at radius 1 is 1.62 bits per heavy atom. The van der Waals surface area contributed by atoms with Gasteiger partial charge < -0.3 is 10.8 Å². The summed E-state index contributed by atoms with van der Waals surface area (Å²) in [5.41, 5.74) is 7.46. The van der Waals surface area contributed by atoms with Gasteiger partial charge >= 0.3 is 0 Å². The molecular weight excluding hydrogens is 164 g/mol. The summed E-state index contributed by atoms with van der Waals surface area (Å²) in [6.45, 7) is 3.92. The van der Waals surface area contributed by atoms with Gasteiger partial charge in [-0.1, -0.05) is 6.92 Å². The monoisotopic (exact) mass is 180 g/mol. The molecule has 0 saturated carbocycles. The predicted molar refractivity (Wildman–Crippen MR) is 52.2 cm³/mol. The highest BCUT2D eigenvalue weighted by Crippen LogP contribution is 2.15. The van der Waals surface area contributed by atoms with Crippen LogP contribution in [0, 0.1) is 6.92 Å². The summed E-state index contributed by atoms with van der Waals surface area (Å²) in [5.74, 6) is 0. The molecular formula is C10H16N2O. The number of aromatic nitrogens is 1. The Morgan fingerprint density at radius 3 is 2.85 bits per heavy atom. The molecule has 2 atom stereocenters. The normalized spacial score (nSPS) is 15.4. The molecule has 0 amide bonds. The molecule has 0 aliphatic heterocycles. The van der Waals surface area contributed by atoms with E-state index >= 15 is 0 Å². The number of aryl methyl sites for hydroxylation is 1. The Bertz CT molecular complexity index is 275. The number of pyridine rings is 1. The van der Waals surface area contributed by atoms with Gasteiger partial charge in [0.25, 0.3) is 0 Å². The Balaban J connectivity index is 2.82. The zero-order valence-electron chi connectivity index (χ0n) is 8.07. The Morgan fingerprint density at radius 2 is 2.31 bits per heavy atom. The number of hydrogen-bond donors (Lipinski definition) is 2. The molecule has 0 fully saturated rings. The van der Waals surface area contributed by atoms with Crippen LogP contribution in [0.15, 0.2) is 18.3 Å². The molecule has 0 aliphatic rings. The van der Waals surface area contributed by atoms with Crippen molar-refractivity contribution in [1.82, 2.24) is 4.98 Å². The molecule has 1 heterocycles. The number of aliphatic hydroxyl groups excluding tert-OH is 1. The first kappa shape index (κ1) is 10.2. The second kappa shape index (κ2) is 4.35. The average molecular weight is 180 g/mol. The van der Waals surface area contributed by atoms with E-state index in [-0.39, 0.29) is 6.04 Å². The van der Waals surface area contributed by atoms with Crippen molar-refractivity contribution in [3.63, 3.8) is 0 Å². The fourth-order valence-corrected chi connectivity index (χ4v) is 1.16. The molecule has 0 aromatic carbocycles. The molecule has 13 heavy (non-hydrogen) atoms. The summed E-state index contributed by atoms with van der Waals surface area (Å²) >= 11 is 0. The summed E-state index contributed by atoms with van der Waals surface area (Å²) in [6, 6.07) is 3.53. The lowest BCUT2D eigenvalue weighted by Gasteiger charge is -2.16. The van der Waals surface area contributed by atoms with Gasteiger partial charge in [0.05, 0.1) is 5.69 Å². The van der Waals surface area contributed by atoms with E-state index in [0.29, 0.717) is 5.69 Å². The zero-order chi connectivity index (χ0) is 9.84. The van der Waals surface area contributed by atoms with Crippen molar-refractivity contribution >= 4 is 0 Å². The Labute approximate surface area is 78.6 Å². The predicted octanol–water partition coefficient (Wildman–Crippen LogP) is 1.16. The lowest BCUT2D eigenvalue weighted by molar-refractivity contribution is 0.140. The highest BCUT2D eigenvalue weighted by Gasteiger charge is 2.15. The van der Waals surface area contributed by atoms with E-state index in [4.69, 9.17) is 5.73 Å². The smallest absolute Gasteiger partial charge is 0.111 e. The van der Waals surface area contributed by atoms with Crippen LogP contribution in [0.4, 0.5) is 0 Å². The molecule has 1 rings (SSSR count). The van der Waals surface area contributed by atoms with Crippen molar-refractivity contribution in [3.8, 4) is 0 Å². The fourth-order valence-electron chi connectivity index (χ4n) is 1.16. The molecule has 72 valence electrons. The van der Waals surface area contributed by atoms with E-state index in [1.165, 1.54) is 0 Å². The van der Waals surface area contributed by atoms with Crippen LogP contribution in [0.5, 0.6) is 0 Å². The molecule has 3 N–H and O–H groups in total. The van der Waals surface area contributed by atoms with Crippen LogP contribution in [0.25, 0.3) is 0 Å². The average Bonchev–Trinajstić information content (AvgIpc) is 2.15. The number of nitrogens with zero attached hydrogens (tertiary/aromatic N) is 1. The maximum atomic E-state index is 9.73. The maximum absolute atomic E-state index is 9.73. The first-order chi connectivity index (χ1) is 6.15. The second-order valence-corrected chi connectivity index (χ2v) is 3.27. The molecule has 0 bridgehead atoms. The van der Waals surface area contributed by atoms with Gasteiger partial charge in [0.2, 0.25) is 0 Å². The molecule has 0 unspecified atom stereocenters. The fraction of sp³-hybridized carbons (Fsp3) is 0.500. The summed E-state index contributed by atoms with van der Waals surface area (Å²) in [7, 11) is 0. The van der Waals surface area contributed by atoms with Crippen molar-refractivity contribution in [3.05, 3.63) is 29.6 Å². The molecule has 0 aliphatic carbocycles. The van der Waals surface area contributed by atoms with Crippen LogP contribution < -0.4 is 5.73 Å². The number of nitrogens with two attached hydrogens (primary N) is 1. The maximum Gasteiger partial charge on any atom is 0.111 e. The van der Waals surface area contributed by atoms with Gasteiger partial charge in [-0.3, -0.25) is 4.98 Å². The van der Waals surface area contributed by atoms with E-state index < -0.39 is 6.10 Å². The quantitative estimate of drug-likeness (QED) is 0.733. The summed E-state index contributed by atoms with van der Waals surface area (Å²) in [4.78, 5) is 4.08. The van der Waals surface area contributed by atoms with Crippen molar-refractivity contribution in [2.24, 2.45) is 5.73 Å². The van der Waals surface area contributed by atoms with Gasteiger partial charge in [-0.25, -0.2) is 0 Å². The molecule has 1 aromatic heterocycles. The highest BCUT2D eigenvalue weighted by atomic mass is 16.3. The van der Waals surface area contributed by atoms with Gasteiger partial charge in [-0.2, -0.15) is 0 Å². The molecule has 1 aromatic rings. The Kier molecular flexibility index (Phi) is 3.39. The van der Waals surface area contributed by atoms with E-state index in [1.54, 1.807) is 6.20 Å². The summed E-state index contributed by atoms with van der Waals surface area (Å²) in [5, 5.41) is 9.73. The number of hydrogen-bond acceptors (Lipinski definition) is 3. The summed E-state index contributed by atoms with van der Waals surface area (Å²) < 4.78 is 0. The van der Waals surface area contributed by atoms with Crippen LogP contribution in [0.3, 0.4) is 0 Å². The molecule has 0 radical (unpaired) electrons. The van der Waals surface area contributed by atoms with Gasteiger partial charge in [0.1, 0.15) is 6.10 Å².